The first-order chi connectivity index (χ1) is 15.0. The molecule has 0 aromatic heterocycles. The molecule has 1 saturated heterocycles. The highest BCUT2D eigenvalue weighted by molar-refractivity contribution is 6.09. The number of amides is 4. The maximum atomic E-state index is 13.2. The van der Waals surface area contributed by atoms with Crippen molar-refractivity contribution in [3.63, 3.8) is 0 Å². The van der Waals surface area contributed by atoms with Gasteiger partial charge < -0.3 is 15.1 Å². The van der Waals surface area contributed by atoms with Crippen molar-refractivity contribution in [3.8, 4) is 0 Å². The average molecular weight is 443 g/mol. The van der Waals surface area contributed by atoms with Gasteiger partial charge in [-0.05, 0) is 54.7 Å². The molecule has 176 valence electrons. The Morgan fingerprint density at radius 1 is 1.12 bits per heavy atom. The zero-order valence-corrected chi connectivity index (χ0v) is 20.4. The first-order valence-corrected chi connectivity index (χ1v) is 11.6. The summed E-state index contributed by atoms with van der Waals surface area (Å²) in [7, 11) is 5.66. The van der Waals surface area contributed by atoms with Gasteiger partial charge in [-0.3, -0.25) is 14.5 Å². The molecule has 0 atom stereocenters. The predicted octanol–water partition coefficient (Wildman–Crippen LogP) is 3.63. The second kappa shape index (κ2) is 9.12. The fraction of sp³-hybridized carbons (Fsp3) is 0.640. The molecule has 1 saturated carbocycles. The molecule has 7 heteroatoms. The standard InChI is InChI=1S/C25H38N4O3/c1-7-24(2,3)19-12-14-25(15-13-19)22(31)29(23(32)26-25)17-21(30)28(6)16-18-8-10-20(11-9-18)27(4)5/h8-11,19H,7,12-17H2,1-6H3,(H,26,32). The van der Waals surface area contributed by atoms with E-state index in [0.29, 0.717) is 25.3 Å². The number of hydrogen-bond acceptors (Lipinski definition) is 4. The third kappa shape index (κ3) is 4.76. The molecule has 7 nitrogen and oxygen atoms in total. The van der Waals surface area contributed by atoms with Gasteiger partial charge in [0.2, 0.25) is 5.91 Å². The third-order valence-electron chi connectivity index (χ3n) is 7.69. The van der Waals surface area contributed by atoms with Crippen molar-refractivity contribution in [2.75, 3.05) is 32.6 Å². The number of anilines is 1. The van der Waals surface area contributed by atoms with E-state index in [-0.39, 0.29) is 23.8 Å². The molecule has 4 amide bonds. The molecule has 1 aliphatic heterocycles. The van der Waals surface area contributed by atoms with Gasteiger partial charge in [0.15, 0.2) is 0 Å². The molecule has 2 aliphatic rings. The van der Waals surface area contributed by atoms with E-state index in [0.717, 1.165) is 35.4 Å². The molecular weight excluding hydrogens is 404 g/mol. The van der Waals surface area contributed by atoms with Crippen molar-refractivity contribution in [1.29, 1.82) is 0 Å². The lowest BCUT2D eigenvalue weighted by Gasteiger charge is -2.42. The van der Waals surface area contributed by atoms with E-state index in [1.165, 1.54) is 0 Å². The van der Waals surface area contributed by atoms with Gasteiger partial charge in [-0.25, -0.2) is 4.79 Å². The average Bonchev–Trinajstić information content (AvgIpc) is 2.98. The van der Waals surface area contributed by atoms with Crippen molar-refractivity contribution in [2.24, 2.45) is 11.3 Å². The molecule has 2 fully saturated rings. The van der Waals surface area contributed by atoms with E-state index in [2.05, 4.69) is 26.1 Å². The summed E-state index contributed by atoms with van der Waals surface area (Å²) in [6.07, 6.45) is 4.21. The number of urea groups is 1. The summed E-state index contributed by atoms with van der Waals surface area (Å²) in [4.78, 5) is 43.3. The molecule has 1 N–H and O–H groups in total. The van der Waals surface area contributed by atoms with Gasteiger partial charge in [0.25, 0.3) is 5.91 Å². The van der Waals surface area contributed by atoms with Crippen LogP contribution in [0.3, 0.4) is 0 Å². The molecule has 3 rings (SSSR count). The van der Waals surface area contributed by atoms with Crippen LogP contribution in [0.1, 0.15) is 58.4 Å². The van der Waals surface area contributed by atoms with E-state index < -0.39 is 11.6 Å². The number of hydrogen-bond donors (Lipinski definition) is 1. The second-order valence-corrected chi connectivity index (χ2v) is 10.3. The normalized spacial score (nSPS) is 23.4. The lowest BCUT2D eigenvalue weighted by Crippen LogP contribution is -2.51. The van der Waals surface area contributed by atoms with Gasteiger partial charge in [0, 0.05) is 33.4 Å². The summed E-state index contributed by atoms with van der Waals surface area (Å²) >= 11 is 0. The highest BCUT2D eigenvalue weighted by Crippen LogP contribution is 2.45. The monoisotopic (exact) mass is 442 g/mol. The first kappa shape index (κ1) is 24.1. The summed E-state index contributed by atoms with van der Waals surface area (Å²) in [5.41, 5.74) is 1.48. The smallest absolute Gasteiger partial charge is 0.325 e. The second-order valence-electron chi connectivity index (χ2n) is 10.3. The highest BCUT2D eigenvalue weighted by Gasteiger charge is 2.53. The lowest BCUT2D eigenvalue weighted by atomic mass is 9.65. The summed E-state index contributed by atoms with van der Waals surface area (Å²) in [6.45, 7) is 6.96. The Balaban J connectivity index is 1.59. The van der Waals surface area contributed by atoms with Crippen LogP contribution in [0.4, 0.5) is 10.5 Å². The minimum Gasteiger partial charge on any atom is -0.378 e. The fourth-order valence-electron chi connectivity index (χ4n) is 4.86. The van der Waals surface area contributed by atoms with Crippen molar-refractivity contribution >= 4 is 23.5 Å². The van der Waals surface area contributed by atoms with Crippen molar-refractivity contribution < 1.29 is 14.4 Å². The maximum absolute atomic E-state index is 13.2. The van der Waals surface area contributed by atoms with Crippen LogP contribution in [0.5, 0.6) is 0 Å². The van der Waals surface area contributed by atoms with Gasteiger partial charge in [0.1, 0.15) is 12.1 Å². The molecule has 32 heavy (non-hydrogen) atoms. The summed E-state index contributed by atoms with van der Waals surface area (Å²) in [5.74, 6) is 0.0545. The van der Waals surface area contributed by atoms with Crippen LogP contribution in [0.25, 0.3) is 0 Å². The van der Waals surface area contributed by atoms with Crippen LogP contribution >= 0.6 is 0 Å². The largest absolute Gasteiger partial charge is 0.378 e. The van der Waals surface area contributed by atoms with Gasteiger partial charge in [-0.15, -0.1) is 0 Å². The van der Waals surface area contributed by atoms with Crippen LogP contribution in [0.15, 0.2) is 24.3 Å². The van der Waals surface area contributed by atoms with Crippen LogP contribution in [-0.4, -0.2) is 60.9 Å². The fourth-order valence-corrected chi connectivity index (χ4v) is 4.86. The Kier molecular flexibility index (Phi) is 6.86. The summed E-state index contributed by atoms with van der Waals surface area (Å²) < 4.78 is 0. The zero-order chi connectivity index (χ0) is 23.7. The Bertz CT molecular complexity index is 854. The predicted molar refractivity (Wildman–Crippen MR) is 126 cm³/mol. The topological polar surface area (TPSA) is 73.0 Å². The van der Waals surface area contributed by atoms with Crippen molar-refractivity contribution in [3.05, 3.63) is 29.8 Å². The quantitative estimate of drug-likeness (QED) is 0.655. The van der Waals surface area contributed by atoms with E-state index in [9.17, 15) is 14.4 Å². The first-order valence-electron chi connectivity index (χ1n) is 11.6. The van der Waals surface area contributed by atoms with Crippen LogP contribution < -0.4 is 10.2 Å². The van der Waals surface area contributed by atoms with Gasteiger partial charge in [0.05, 0.1) is 0 Å². The molecule has 1 aromatic carbocycles. The molecule has 0 radical (unpaired) electrons. The Morgan fingerprint density at radius 2 is 1.72 bits per heavy atom. The van der Waals surface area contributed by atoms with Gasteiger partial charge in [-0.2, -0.15) is 0 Å². The van der Waals surface area contributed by atoms with Crippen LogP contribution in [0.2, 0.25) is 0 Å². The molecule has 1 spiro atoms. The molecule has 1 heterocycles. The number of imide groups is 1. The number of carbonyl (C=O) groups excluding carboxylic acids is 3. The minimum absolute atomic E-state index is 0.220. The number of benzene rings is 1. The highest BCUT2D eigenvalue weighted by atomic mass is 16.2. The van der Waals surface area contributed by atoms with Gasteiger partial charge >= 0.3 is 6.03 Å². The van der Waals surface area contributed by atoms with Crippen molar-refractivity contribution in [1.82, 2.24) is 15.1 Å². The Morgan fingerprint density at radius 3 is 2.25 bits per heavy atom. The minimum atomic E-state index is -0.835. The molecule has 1 aromatic rings. The van der Waals surface area contributed by atoms with Crippen molar-refractivity contribution in [2.45, 2.75) is 65.0 Å². The van der Waals surface area contributed by atoms with Crippen LogP contribution in [-0.2, 0) is 16.1 Å². The number of nitrogens with one attached hydrogen (secondary N) is 1. The molecule has 0 unspecified atom stereocenters. The van der Waals surface area contributed by atoms with E-state index >= 15 is 0 Å². The number of likely N-dealkylation sites (N-methyl/N-ethyl adjacent to an activating group) is 1. The lowest BCUT2D eigenvalue weighted by molar-refractivity contribution is -0.139. The molecular formula is C25H38N4O3. The summed E-state index contributed by atoms with van der Waals surface area (Å²) in [5, 5.41) is 2.93. The third-order valence-corrected chi connectivity index (χ3v) is 7.69. The number of nitrogens with zero attached hydrogens (tertiary/aromatic N) is 3. The Labute approximate surface area is 192 Å². The van der Waals surface area contributed by atoms with E-state index in [4.69, 9.17) is 0 Å². The SMILES string of the molecule is CCC(C)(C)C1CCC2(CC1)NC(=O)N(CC(=O)N(C)Cc1ccc(N(C)C)cc1)C2=O. The van der Waals surface area contributed by atoms with Crippen LogP contribution in [0, 0.1) is 11.3 Å². The zero-order valence-electron chi connectivity index (χ0n) is 20.4. The molecule has 0 bridgehead atoms. The molecule has 1 aliphatic carbocycles. The van der Waals surface area contributed by atoms with E-state index in [1.54, 1.807) is 11.9 Å². The van der Waals surface area contributed by atoms with Gasteiger partial charge in [-0.1, -0.05) is 39.3 Å². The Hall–Kier alpha value is -2.57. The summed E-state index contributed by atoms with van der Waals surface area (Å²) in [6, 6.07) is 7.53. The number of carbonyl (C=O) groups is 3. The van der Waals surface area contributed by atoms with E-state index in [1.807, 2.05) is 43.3 Å². The number of rotatable bonds is 7. The maximum Gasteiger partial charge on any atom is 0.325 e.